The number of H-pyrrole nitrogens is 1. The summed E-state index contributed by atoms with van der Waals surface area (Å²) in [7, 11) is 0. The minimum absolute atomic E-state index is 0.0475. The Kier molecular flexibility index (Phi) is 2.44. The molecule has 0 amide bonds. The van der Waals surface area contributed by atoms with Gasteiger partial charge in [-0.1, -0.05) is 6.07 Å². The quantitative estimate of drug-likeness (QED) is 0.802. The fourth-order valence-electron chi connectivity index (χ4n) is 1.59. The van der Waals surface area contributed by atoms with E-state index >= 15 is 0 Å². The van der Waals surface area contributed by atoms with Crippen LogP contribution in [0.5, 0.6) is 0 Å². The van der Waals surface area contributed by atoms with Crippen LogP contribution in [0.3, 0.4) is 0 Å². The number of carbonyl (C=O) groups is 1. The van der Waals surface area contributed by atoms with Crippen molar-refractivity contribution in [1.29, 1.82) is 0 Å². The Labute approximate surface area is 89.3 Å². The maximum atomic E-state index is 13.4. The number of halogens is 1. The van der Waals surface area contributed by atoms with E-state index < -0.39 is 17.3 Å². The van der Waals surface area contributed by atoms with Gasteiger partial charge in [0.1, 0.15) is 5.82 Å². The maximum Gasteiger partial charge on any atom is 0.307 e. The van der Waals surface area contributed by atoms with Crippen LogP contribution >= 0.6 is 0 Å². The van der Waals surface area contributed by atoms with Crippen molar-refractivity contribution in [2.24, 2.45) is 0 Å². The summed E-state index contributed by atoms with van der Waals surface area (Å²) in [5.74, 6) is -1.57. The minimum atomic E-state index is -1.00. The maximum absolute atomic E-state index is 13.4. The number of aromatic nitrogens is 1. The highest BCUT2D eigenvalue weighted by Crippen LogP contribution is 2.19. The van der Waals surface area contributed by atoms with Gasteiger partial charge in [0.05, 0.1) is 11.9 Å². The van der Waals surface area contributed by atoms with Gasteiger partial charge in [0.25, 0.3) is 0 Å². The molecule has 1 heterocycles. The van der Waals surface area contributed by atoms with Gasteiger partial charge in [-0.25, -0.2) is 4.39 Å². The Morgan fingerprint density at radius 2 is 2.06 bits per heavy atom. The van der Waals surface area contributed by atoms with E-state index in [9.17, 15) is 14.0 Å². The molecule has 2 rings (SSSR count). The van der Waals surface area contributed by atoms with Crippen molar-refractivity contribution in [1.82, 2.24) is 4.98 Å². The van der Waals surface area contributed by atoms with Gasteiger partial charge in [0.15, 0.2) is 0 Å². The van der Waals surface area contributed by atoms with E-state index in [-0.39, 0.29) is 11.9 Å². The van der Waals surface area contributed by atoms with Gasteiger partial charge >= 0.3 is 5.97 Å². The van der Waals surface area contributed by atoms with Crippen LogP contribution in [0.1, 0.15) is 5.56 Å². The highest BCUT2D eigenvalue weighted by Gasteiger charge is 2.09. The lowest BCUT2D eigenvalue weighted by molar-refractivity contribution is -0.136. The molecule has 16 heavy (non-hydrogen) atoms. The van der Waals surface area contributed by atoms with Gasteiger partial charge in [0.2, 0.25) is 5.56 Å². The molecule has 0 aliphatic heterocycles. The smallest absolute Gasteiger partial charge is 0.307 e. The van der Waals surface area contributed by atoms with Crippen molar-refractivity contribution in [3.63, 3.8) is 0 Å². The average Bonchev–Trinajstić information content (AvgIpc) is 2.22. The first-order valence-corrected chi connectivity index (χ1v) is 4.60. The highest BCUT2D eigenvalue weighted by atomic mass is 19.1. The number of aliphatic carboxylic acids is 1. The van der Waals surface area contributed by atoms with E-state index in [1.807, 2.05) is 0 Å². The Morgan fingerprint density at radius 1 is 1.31 bits per heavy atom. The molecule has 5 heteroatoms. The molecular formula is C11H8FNO3. The molecule has 2 aromatic rings. The van der Waals surface area contributed by atoms with E-state index in [0.717, 1.165) is 6.07 Å². The summed E-state index contributed by atoms with van der Waals surface area (Å²) >= 11 is 0. The molecule has 0 saturated carbocycles. The van der Waals surface area contributed by atoms with Crippen LogP contribution in [0.4, 0.5) is 4.39 Å². The molecule has 0 spiro atoms. The van der Waals surface area contributed by atoms with E-state index in [2.05, 4.69) is 4.98 Å². The molecule has 2 N–H and O–H groups in total. The van der Waals surface area contributed by atoms with Crippen LogP contribution in [-0.4, -0.2) is 16.1 Å². The third kappa shape index (κ3) is 1.79. The zero-order chi connectivity index (χ0) is 11.7. The second-order valence-corrected chi connectivity index (χ2v) is 3.39. The third-order valence-electron chi connectivity index (χ3n) is 2.28. The second kappa shape index (κ2) is 3.77. The highest BCUT2D eigenvalue weighted by molar-refractivity contribution is 5.86. The van der Waals surface area contributed by atoms with Gasteiger partial charge in [-0.15, -0.1) is 0 Å². The molecule has 4 nitrogen and oxygen atoms in total. The van der Waals surface area contributed by atoms with Crippen LogP contribution < -0.4 is 5.56 Å². The fourth-order valence-corrected chi connectivity index (χ4v) is 1.59. The molecule has 0 unspecified atom stereocenters. The standard InChI is InChI=1S/C11H8FNO3/c12-8-3-1-6(5-10(15)16)7-2-4-9(14)13-11(7)8/h1-4H,5H2,(H,13,14)(H,15,16). The van der Waals surface area contributed by atoms with Gasteiger partial charge in [-0.05, 0) is 17.7 Å². The number of benzene rings is 1. The molecule has 0 aliphatic rings. The zero-order valence-corrected chi connectivity index (χ0v) is 8.16. The number of hydrogen-bond acceptors (Lipinski definition) is 2. The van der Waals surface area contributed by atoms with Crippen molar-refractivity contribution < 1.29 is 14.3 Å². The molecule has 0 bridgehead atoms. The lowest BCUT2D eigenvalue weighted by atomic mass is 10.1. The van der Waals surface area contributed by atoms with Crippen LogP contribution in [0.15, 0.2) is 29.1 Å². The Balaban J connectivity index is 2.73. The van der Waals surface area contributed by atoms with Crippen LogP contribution in [0.25, 0.3) is 10.9 Å². The normalized spacial score (nSPS) is 10.6. The SMILES string of the molecule is O=C(O)Cc1ccc(F)c2[nH]c(=O)ccc12. The third-order valence-corrected chi connectivity index (χ3v) is 2.28. The number of carboxylic acid groups (broad SMARTS) is 1. The van der Waals surface area contributed by atoms with Gasteiger partial charge < -0.3 is 10.1 Å². The fraction of sp³-hybridized carbons (Fsp3) is 0.0909. The van der Waals surface area contributed by atoms with E-state index in [1.54, 1.807) is 0 Å². The van der Waals surface area contributed by atoms with Crippen LogP contribution in [-0.2, 0) is 11.2 Å². The van der Waals surface area contributed by atoms with Crippen molar-refractivity contribution in [3.05, 3.63) is 46.0 Å². The van der Waals surface area contributed by atoms with Crippen LogP contribution in [0, 0.1) is 5.82 Å². The molecule has 0 radical (unpaired) electrons. The second-order valence-electron chi connectivity index (χ2n) is 3.39. The minimum Gasteiger partial charge on any atom is -0.481 e. The molecule has 1 aromatic heterocycles. The first-order valence-electron chi connectivity index (χ1n) is 4.60. The zero-order valence-electron chi connectivity index (χ0n) is 8.16. The summed E-state index contributed by atoms with van der Waals surface area (Å²) in [5, 5.41) is 9.10. The number of nitrogens with one attached hydrogen (secondary N) is 1. The Morgan fingerprint density at radius 3 is 2.75 bits per heavy atom. The Hall–Kier alpha value is -2.17. The molecule has 0 fully saturated rings. The monoisotopic (exact) mass is 221 g/mol. The van der Waals surface area contributed by atoms with E-state index in [1.165, 1.54) is 18.2 Å². The number of rotatable bonds is 2. The molecule has 0 aliphatic carbocycles. The van der Waals surface area contributed by atoms with Crippen molar-refractivity contribution in [3.8, 4) is 0 Å². The Bertz CT molecular complexity index is 618. The van der Waals surface area contributed by atoms with Crippen molar-refractivity contribution in [2.75, 3.05) is 0 Å². The summed E-state index contributed by atoms with van der Waals surface area (Å²) in [6, 6.07) is 5.23. The number of carboxylic acids is 1. The van der Waals surface area contributed by atoms with Gasteiger partial charge in [-0.3, -0.25) is 9.59 Å². The topological polar surface area (TPSA) is 70.2 Å². The number of aromatic amines is 1. The summed E-state index contributed by atoms with van der Waals surface area (Å²) in [5.41, 5.74) is 0.102. The molecule has 0 saturated heterocycles. The summed E-state index contributed by atoms with van der Waals surface area (Å²) in [4.78, 5) is 24.0. The molecule has 1 aromatic carbocycles. The van der Waals surface area contributed by atoms with Gasteiger partial charge in [0, 0.05) is 11.5 Å². The lowest BCUT2D eigenvalue weighted by Gasteiger charge is -2.04. The van der Waals surface area contributed by atoms with E-state index in [4.69, 9.17) is 5.11 Å². The largest absolute Gasteiger partial charge is 0.481 e. The van der Waals surface area contributed by atoms with E-state index in [0.29, 0.717) is 10.9 Å². The predicted octanol–water partition coefficient (Wildman–Crippen LogP) is 1.29. The lowest BCUT2D eigenvalue weighted by Crippen LogP contribution is -2.07. The summed E-state index contributed by atoms with van der Waals surface area (Å²) < 4.78 is 13.4. The number of pyridine rings is 1. The molecule has 0 atom stereocenters. The summed E-state index contributed by atoms with van der Waals surface area (Å²) in [6.45, 7) is 0. The van der Waals surface area contributed by atoms with Crippen molar-refractivity contribution in [2.45, 2.75) is 6.42 Å². The molecule has 82 valence electrons. The number of fused-ring (bicyclic) bond motifs is 1. The predicted molar refractivity (Wildman–Crippen MR) is 55.9 cm³/mol. The van der Waals surface area contributed by atoms with Gasteiger partial charge in [-0.2, -0.15) is 0 Å². The average molecular weight is 221 g/mol. The molecular weight excluding hydrogens is 213 g/mol. The number of hydrogen-bond donors (Lipinski definition) is 2. The van der Waals surface area contributed by atoms with Crippen LogP contribution in [0.2, 0.25) is 0 Å². The summed E-state index contributed by atoms with van der Waals surface area (Å²) in [6.07, 6.45) is -0.206. The first-order chi connectivity index (χ1) is 7.58. The van der Waals surface area contributed by atoms with Crippen molar-refractivity contribution >= 4 is 16.9 Å². The first kappa shape index (κ1) is 10.4.